The molecule has 16 heavy (non-hydrogen) atoms. The Morgan fingerprint density at radius 3 is 2.69 bits per heavy atom. The van der Waals surface area contributed by atoms with Crippen molar-refractivity contribution in [3.8, 4) is 17.5 Å². The van der Waals surface area contributed by atoms with Crippen LogP contribution >= 0.6 is 11.6 Å². The Morgan fingerprint density at radius 1 is 1.38 bits per heavy atom. The molecule has 0 aliphatic rings. The molecule has 0 aliphatic carbocycles. The molecule has 0 fully saturated rings. The van der Waals surface area contributed by atoms with Crippen LogP contribution in [0.4, 0.5) is 0 Å². The number of hydrogen-bond acceptors (Lipinski definition) is 2. The molecule has 0 spiro atoms. The summed E-state index contributed by atoms with van der Waals surface area (Å²) in [5.74, 6) is 0.704. The van der Waals surface area contributed by atoms with Crippen LogP contribution < -0.4 is 0 Å². The second kappa shape index (κ2) is 4.38. The fourth-order valence-electron chi connectivity index (χ4n) is 1.43. The van der Waals surface area contributed by atoms with E-state index < -0.39 is 0 Å². The molecule has 0 saturated carbocycles. The van der Waals surface area contributed by atoms with Crippen molar-refractivity contribution in [2.75, 3.05) is 0 Å². The number of hydrogen-bond donors (Lipinski definition) is 1. The zero-order chi connectivity index (χ0) is 11.5. The van der Waals surface area contributed by atoms with Crippen LogP contribution in [0.15, 0.2) is 24.3 Å². The molecule has 2 rings (SSSR count). The highest BCUT2D eigenvalue weighted by atomic mass is 35.5. The predicted molar refractivity (Wildman–Crippen MR) is 63.1 cm³/mol. The van der Waals surface area contributed by atoms with E-state index in [0.717, 1.165) is 5.56 Å². The summed E-state index contributed by atoms with van der Waals surface area (Å²) in [6, 6.07) is 10.0. The van der Waals surface area contributed by atoms with Crippen LogP contribution in [-0.2, 0) is 6.42 Å². The van der Waals surface area contributed by atoms with Crippen LogP contribution in [0.2, 0.25) is 5.15 Å². The summed E-state index contributed by atoms with van der Waals surface area (Å²) in [6.07, 6.45) is 0.248. The first kappa shape index (κ1) is 10.7. The smallest absolute Gasteiger partial charge is 0.151 e. The number of nitrogens with zero attached hydrogens (tertiary/aromatic N) is 2. The molecule has 1 N–H and O–H groups in total. The summed E-state index contributed by atoms with van der Waals surface area (Å²) in [5, 5.41) is 8.98. The van der Waals surface area contributed by atoms with E-state index in [1.54, 1.807) is 0 Å². The summed E-state index contributed by atoms with van der Waals surface area (Å²) in [6.45, 7) is 2.03. The Hall–Kier alpha value is -1.79. The molecule has 0 amide bonds. The standard InChI is InChI=1S/C12H10ClN3/c1-8-2-4-9(5-3-8)12-15-10(6-7-14)11(13)16-12/h2-5H,6H2,1H3,(H,15,16). The number of H-pyrrole nitrogens is 1. The maximum atomic E-state index is 8.60. The monoisotopic (exact) mass is 231 g/mol. The molecule has 1 aromatic heterocycles. The van der Waals surface area contributed by atoms with E-state index in [-0.39, 0.29) is 6.42 Å². The maximum absolute atomic E-state index is 8.60. The topological polar surface area (TPSA) is 52.5 Å². The van der Waals surface area contributed by atoms with E-state index in [1.165, 1.54) is 5.56 Å². The van der Waals surface area contributed by atoms with E-state index in [1.807, 2.05) is 37.3 Å². The van der Waals surface area contributed by atoms with Crippen LogP contribution in [0.25, 0.3) is 11.4 Å². The zero-order valence-electron chi connectivity index (χ0n) is 8.79. The van der Waals surface area contributed by atoms with Gasteiger partial charge in [0.25, 0.3) is 0 Å². The minimum Gasteiger partial charge on any atom is -0.340 e. The molecule has 0 saturated heterocycles. The third kappa shape index (κ3) is 2.07. The zero-order valence-corrected chi connectivity index (χ0v) is 9.54. The molecular weight excluding hydrogens is 222 g/mol. The summed E-state index contributed by atoms with van der Waals surface area (Å²) < 4.78 is 0. The van der Waals surface area contributed by atoms with Crippen molar-refractivity contribution in [3.63, 3.8) is 0 Å². The van der Waals surface area contributed by atoms with Crippen LogP contribution in [0.3, 0.4) is 0 Å². The number of aryl methyl sites for hydroxylation is 1. The molecule has 3 nitrogen and oxygen atoms in total. The Balaban J connectivity index is 2.38. The minimum absolute atomic E-state index is 0.248. The number of nitriles is 1. The van der Waals surface area contributed by atoms with Crippen molar-refractivity contribution in [1.29, 1.82) is 5.26 Å². The average molecular weight is 232 g/mol. The van der Waals surface area contributed by atoms with Gasteiger partial charge in [0.2, 0.25) is 0 Å². The van der Waals surface area contributed by atoms with E-state index in [0.29, 0.717) is 16.7 Å². The Kier molecular flexibility index (Phi) is 2.93. The summed E-state index contributed by atoms with van der Waals surface area (Å²) in [4.78, 5) is 7.24. The molecule has 80 valence electrons. The van der Waals surface area contributed by atoms with Gasteiger partial charge >= 0.3 is 0 Å². The van der Waals surface area contributed by atoms with Crippen molar-refractivity contribution in [3.05, 3.63) is 40.7 Å². The molecule has 0 aliphatic heterocycles. The van der Waals surface area contributed by atoms with Crippen molar-refractivity contribution in [2.24, 2.45) is 0 Å². The van der Waals surface area contributed by atoms with Crippen LogP contribution in [0.1, 0.15) is 11.3 Å². The third-order valence-electron chi connectivity index (χ3n) is 2.31. The van der Waals surface area contributed by atoms with Gasteiger partial charge in [0.1, 0.15) is 5.82 Å². The Bertz CT molecular complexity index is 534. The van der Waals surface area contributed by atoms with Crippen LogP contribution in [0.5, 0.6) is 0 Å². The van der Waals surface area contributed by atoms with Gasteiger partial charge in [-0.1, -0.05) is 41.4 Å². The van der Waals surface area contributed by atoms with Crippen molar-refractivity contribution in [2.45, 2.75) is 13.3 Å². The lowest BCUT2D eigenvalue weighted by Gasteiger charge is -1.96. The number of imidazole rings is 1. The van der Waals surface area contributed by atoms with Crippen LogP contribution in [-0.4, -0.2) is 9.97 Å². The van der Waals surface area contributed by atoms with E-state index in [9.17, 15) is 0 Å². The van der Waals surface area contributed by atoms with E-state index in [2.05, 4.69) is 9.97 Å². The van der Waals surface area contributed by atoms with Gasteiger partial charge in [-0.05, 0) is 6.92 Å². The van der Waals surface area contributed by atoms with Gasteiger partial charge in [0.05, 0.1) is 18.2 Å². The highest BCUT2D eigenvalue weighted by Crippen LogP contribution is 2.21. The van der Waals surface area contributed by atoms with Gasteiger partial charge < -0.3 is 4.98 Å². The van der Waals surface area contributed by atoms with Crippen molar-refractivity contribution >= 4 is 11.6 Å². The molecule has 0 radical (unpaired) electrons. The number of nitrogens with one attached hydrogen (secondary N) is 1. The predicted octanol–water partition coefficient (Wildman–Crippen LogP) is 3.10. The minimum atomic E-state index is 0.248. The Labute approximate surface area is 98.7 Å². The largest absolute Gasteiger partial charge is 0.340 e. The van der Waals surface area contributed by atoms with E-state index in [4.69, 9.17) is 16.9 Å². The van der Waals surface area contributed by atoms with Crippen molar-refractivity contribution in [1.82, 2.24) is 9.97 Å². The quantitative estimate of drug-likeness (QED) is 0.864. The molecule has 1 aromatic carbocycles. The second-order valence-electron chi connectivity index (χ2n) is 3.56. The number of benzene rings is 1. The summed E-state index contributed by atoms with van der Waals surface area (Å²) >= 11 is 5.91. The molecule has 0 atom stereocenters. The van der Waals surface area contributed by atoms with Gasteiger partial charge in [0.15, 0.2) is 5.15 Å². The lowest BCUT2D eigenvalue weighted by molar-refractivity contribution is 1.16. The summed E-state index contributed by atoms with van der Waals surface area (Å²) in [7, 11) is 0. The molecule has 0 unspecified atom stereocenters. The molecule has 1 heterocycles. The third-order valence-corrected chi connectivity index (χ3v) is 2.62. The molecular formula is C12H10ClN3. The van der Waals surface area contributed by atoms with Gasteiger partial charge in [-0.15, -0.1) is 0 Å². The fourth-order valence-corrected chi connectivity index (χ4v) is 1.63. The SMILES string of the molecule is Cc1ccc(-c2nc(Cl)c(CC#N)[nH]2)cc1. The highest BCUT2D eigenvalue weighted by molar-refractivity contribution is 6.30. The fraction of sp³-hybridized carbons (Fsp3) is 0.167. The first-order chi connectivity index (χ1) is 7.70. The van der Waals surface area contributed by atoms with Gasteiger partial charge in [-0.2, -0.15) is 5.26 Å². The van der Waals surface area contributed by atoms with Crippen molar-refractivity contribution < 1.29 is 0 Å². The summed E-state index contributed by atoms with van der Waals surface area (Å²) in [5.41, 5.74) is 2.83. The first-order valence-electron chi connectivity index (χ1n) is 4.89. The normalized spacial score (nSPS) is 10.1. The van der Waals surface area contributed by atoms with Gasteiger partial charge in [-0.25, -0.2) is 4.98 Å². The maximum Gasteiger partial charge on any atom is 0.151 e. The second-order valence-corrected chi connectivity index (χ2v) is 3.91. The molecule has 4 heteroatoms. The number of halogens is 1. The Morgan fingerprint density at radius 2 is 2.06 bits per heavy atom. The van der Waals surface area contributed by atoms with E-state index >= 15 is 0 Å². The lowest BCUT2D eigenvalue weighted by atomic mass is 10.1. The molecule has 0 bridgehead atoms. The van der Waals surface area contributed by atoms with Gasteiger partial charge in [-0.3, -0.25) is 0 Å². The average Bonchev–Trinajstić information content (AvgIpc) is 2.62. The molecule has 2 aromatic rings. The number of aromatic nitrogens is 2. The number of rotatable bonds is 2. The van der Waals surface area contributed by atoms with Crippen LogP contribution in [0, 0.1) is 18.3 Å². The lowest BCUT2D eigenvalue weighted by Crippen LogP contribution is -1.83. The highest BCUT2D eigenvalue weighted by Gasteiger charge is 2.08. The number of aromatic amines is 1. The van der Waals surface area contributed by atoms with Gasteiger partial charge in [0, 0.05) is 5.56 Å². The first-order valence-corrected chi connectivity index (χ1v) is 5.27.